The molecule has 29 heavy (non-hydrogen) atoms. The van der Waals surface area contributed by atoms with E-state index in [0.717, 1.165) is 10.1 Å². The number of ether oxygens (including phenoxy) is 3. The smallest absolute Gasteiger partial charge is 0.263 e. The molecule has 3 rings (SSSR count). The average molecular weight is 435 g/mol. The molecule has 2 amide bonds. The second-order valence-electron chi connectivity index (χ2n) is 5.89. The molecular formula is C20H19ClN2O5S. The Kier molecular flexibility index (Phi) is 6.46. The van der Waals surface area contributed by atoms with Crippen molar-refractivity contribution in [1.82, 2.24) is 5.32 Å². The number of hydrogen-bond donors (Lipinski definition) is 2. The van der Waals surface area contributed by atoms with E-state index in [1.807, 2.05) is 24.3 Å². The second-order valence-corrected chi connectivity index (χ2v) is 7.32. The number of thiophene rings is 1. The maximum Gasteiger partial charge on any atom is 0.263 e. The minimum absolute atomic E-state index is 0.222. The lowest BCUT2D eigenvalue weighted by Crippen LogP contribution is -2.32. The lowest BCUT2D eigenvalue weighted by Gasteiger charge is -2.14. The monoisotopic (exact) mass is 434 g/mol. The van der Waals surface area contributed by atoms with E-state index in [-0.39, 0.29) is 6.54 Å². The Balaban J connectivity index is 1.68. The Morgan fingerprint density at radius 3 is 2.28 bits per heavy atom. The number of amides is 2. The summed E-state index contributed by atoms with van der Waals surface area (Å²) in [6, 6.07) is 10.7. The van der Waals surface area contributed by atoms with Gasteiger partial charge in [0, 0.05) is 27.9 Å². The van der Waals surface area contributed by atoms with Crippen molar-refractivity contribution in [2.45, 2.75) is 0 Å². The van der Waals surface area contributed by atoms with Gasteiger partial charge in [-0.1, -0.05) is 29.8 Å². The van der Waals surface area contributed by atoms with E-state index in [0.29, 0.717) is 32.8 Å². The standard InChI is InChI=1S/C20H19ClN2O5S/c1-26-13-8-11(9-14(27-2)18(13)28-3)23-16(24)10-22-20(25)19-17(21)12-6-4-5-7-15(12)29-19/h4-9H,10H2,1-3H3,(H,22,25)(H,23,24). The van der Waals surface area contributed by atoms with Crippen LogP contribution in [-0.4, -0.2) is 39.7 Å². The number of rotatable bonds is 7. The molecule has 1 aromatic heterocycles. The summed E-state index contributed by atoms with van der Waals surface area (Å²) in [5.41, 5.74) is 0.443. The molecule has 1 heterocycles. The number of anilines is 1. The number of carbonyl (C=O) groups excluding carboxylic acids is 2. The molecule has 7 nitrogen and oxygen atoms in total. The Morgan fingerprint density at radius 2 is 1.69 bits per heavy atom. The van der Waals surface area contributed by atoms with E-state index in [4.69, 9.17) is 25.8 Å². The van der Waals surface area contributed by atoms with E-state index in [2.05, 4.69) is 10.6 Å². The molecule has 9 heteroatoms. The third-order valence-electron chi connectivity index (χ3n) is 4.10. The maximum atomic E-state index is 12.5. The number of halogens is 1. The van der Waals surface area contributed by atoms with Gasteiger partial charge in [0.1, 0.15) is 4.88 Å². The maximum absolute atomic E-state index is 12.5. The van der Waals surface area contributed by atoms with Crippen molar-refractivity contribution in [2.24, 2.45) is 0 Å². The van der Waals surface area contributed by atoms with Gasteiger partial charge in [0.05, 0.1) is 32.9 Å². The van der Waals surface area contributed by atoms with Gasteiger partial charge in [-0.2, -0.15) is 0 Å². The fourth-order valence-electron chi connectivity index (χ4n) is 2.76. The van der Waals surface area contributed by atoms with Crippen molar-refractivity contribution in [3.8, 4) is 17.2 Å². The highest BCUT2D eigenvalue weighted by Gasteiger charge is 2.18. The lowest BCUT2D eigenvalue weighted by molar-refractivity contribution is -0.115. The van der Waals surface area contributed by atoms with Crippen molar-refractivity contribution in [3.63, 3.8) is 0 Å². The Labute approximate surface area is 176 Å². The molecule has 0 atom stereocenters. The molecule has 152 valence electrons. The van der Waals surface area contributed by atoms with Crippen molar-refractivity contribution < 1.29 is 23.8 Å². The van der Waals surface area contributed by atoms with E-state index in [1.54, 1.807) is 12.1 Å². The molecule has 2 N–H and O–H groups in total. The summed E-state index contributed by atoms with van der Waals surface area (Å²) in [6.45, 7) is -0.222. The highest BCUT2D eigenvalue weighted by molar-refractivity contribution is 7.21. The van der Waals surface area contributed by atoms with Gasteiger partial charge < -0.3 is 24.8 Å². The van der Waals surface area contributed by atoms with E-state index >= 15 is 0 Å². The quantitative estimate of drug-likeness (QED) is 0.588. The van der Waals surface area contributed by atoms with Crippen LogP contribution in [0.15, 0.2) is 36.4 Å². The number of benzene rings is 2. The summed E-state index contributed by atoms with van der Waals surface area (Å²) in [7, 11) is 4.46. The van der Waals surface area contributed by atoms with E-state index in [9.17, 15) is 9.59 Å². The van der Waals surface area contributed by atoms with Crippen LogP contribution < -0.4 is 24.8 Å². The van der Waals surface area contributed by atoms with Crippen LogP contribution in [0.3, 0.4) is 0 Å². The number of fused-ring (bicyclic) bond motifs is 1. The number of methoxy groups -OCH3 is 3. The minimum Gasteiger partial charge on any atom is -0.493 e. The van der Waals surface area contributed by atoms with Crippen LogP contribution in [0.25, 0.3) is 10.1 Å². The fourth-order valence-corrected chi connectivity index (χ4v) is 4.19. The predicted octanol–water partition coefficient (Wildman–Crippen LogP) is 3.95. The normalized spacial score (nSPS) is 10.5. The number of carbonyl (C=O) groups is 2. The van der Waals surface area contributed by atoms with Gasteiger partial charge in [0.25, 0.3) is 5.91 Å². The van der Waals surface area contributed by atoms with Gasteiger partial charge in [-0.25, -0.2) is 0 Å². The Morgan fingerprint density at radius 1 is 1.03 bits per heavy atom. The molecule has 0 radical (unpaired) electrons. The summed E-state index contributed by atoms with van der Waals surface area (Å²) >= 11 is 7.58. The number of hydrogen-bond acceptors (Lipinski definition) is 6. The van der Waals surface area contributed by atoms with Crippen LogP contribution in [0.1, 0.15) is 9.67 Å². The molecule has 0 aliphatic rings. The second kappa shape index (κ2) is 9.02. The topological polar surface area (TPSA) is 85.9 Å². The first kappa shape index (κ1) is 20.8. The largest absolute Gasteiger partial charge is 0.493 e. The van der Waals surface area contributed by atoms with Crippen LogP contribution in [0.4, 0.5) is 5.69 Å². The molecule has 0 fully saturated rings. The van der Waals surface area contributed by atoms with Gasteiger partial charge in [-0.15, -0.1) is 11.3 Å². The predicted molar refractivity (Wildman–Crippen MR) is 114 cm³/mol. The molecule has 0 saturated carbocycles. The summed E-state index contributed by atoms with van der Waals surface area (Å²) < 4.78 is 16.7. The highest BCUT2D eigenvalue weighted by atomic mass is 35.5. The third-order valence-corrected chi connectivity index (χ3v) is 5.77. The van der Waals surface area contributed by atoms with Crippen LogP contribution in [0.2, 0.25) is 5.02 Å². The molecular weight excluding hydrogens is 416 g/mol. The van der Waals surface area contributed by atoms with Gasteiger partial charge in [0.15, 0.2) is 11.5 Å². The highest BCUT2D eigenvalue weighted by Crippen LogP contribution is 2.40. The molecule has 0 unspecified atom stereocenters. The summed E-state index contributed by atoms with van der Waals surface area (Å²) in [6.07, 6.45) is 0. The van der Waals surface area contributed by atoms with Gasteiger partial charge in [-0.05, 0) is 6.07 Å². The first-order valence-corrected chi connectivity index (χ1v) is 9.73. The lowest BCUT2D eigenvalue weighted by atomic mass is 10.2. The summed E-state index contributed by atoms with van der Waals surface area (Å²) in [5.74, 6) is 0.410. The van der Waals surface area contributed by atoms with Gasteiger partial charge in [-0.3, -0.25) is 9.59 Å². The molecule has 0 saturated heterocycles. The van der Waals surface area contributed by atoms with Crippen LogP contribution in [-0.2, 0) is 4.79 Å². The van der Waals surface area contributed by atoms with Crippen molar-refractivity contribution in [2.75, 3.05) is 33.2 Å². The SMILES string of the molecule is COc1cc(NC(=O)CNC(=O)c2sc3ccccc3c2Cl)cc(OC)c1OC. The van der Waals surface area contributed by atoms with Crippen LogP contribution in [0, 0.1) is 0 Å². The summed E-state index contributed by atoms with van der Waals surface area (Å²) in [5, 5.41) is 6.47. The average Bonchev–Trinajstić information content (AvgIpc) is 3.08. The van der Waals surface area contributed by atoms with Gasteiger partial charge >= 0.3 is 0 Å². The van der Waals surface area contributed by atoms with E-state index in [1.165, 1.54) is 32.7 Å². The molecule has 0 bridgehead atoms. The number of nitrogens with one attached hydrogen (secondary N) is 2. The Hall–Kier alpha value is -2.97. The van der Waals surface area contributed by atoms with Gasteiger partial charge in [0.2, 0.25) is 11.7 Å². The zero-order chi connectivity index (χ0) is 21.0. The first-order chi connectivity index (χ1) is 14.0. The zero-order valence-electron chi connectivity index (χ0n) is 16.0. The molecule has 3 aromatic rings. The fraction of sp³-hybridized carbons (Fsp3) is 0.200. The van der Waals surface area contributed by atoms with Crippen molar-refractivity contribution in [3.05, 3.63) is 46.3 Å². The third kappa shape index (κ3) is 4.38. The molecule has 0 spiro atoms. The zero-order valence-corrected chi connectivity index (χ0v) is 17.6. The first-order valence-electron chi connectivity index (χ1n) is 8.53. The molecule has 2 aromatic carbocycles. The van der Waals surface area contributed by atoms with Crippen molar-refractivity contribution >= 4 is 50.5 Å². The molecule has 0 aliphatic carbocycles. The summed E-state index contributed by atoms with van der Waals surface area (Å²) in [4.78, 5) is 25.1. The minimum atomic E-state index is -0.412. The molecule has 0 aliphatic heterocycles. The Bertz CT molecular complexity index is 1040. The van der Waals surface area contributed by atoms with Crippen molar-refractivity contribution in [1.29, 1.82) is 0 Å². The van der Waals surface area contributed by atoms with Crippen LogP contribution >= 0.6 is 22.9 Å². The van der Waals surface area contributed by atoms with E-state index < -0.39 is 11.8 Å². The van der Waals surface area contributed by atoms with Crippen LogP contribution in [0.5, 0.6) is 17.2 Å².